The van der Waals surface area contributed by atoms with Crippen LogP contribution in [0.2, 0.25) is 0 Å². The van der Waals surface area contributed by atoms with Crippen LogP contribution in [0, 0.1) is 11.8 Å². The van der Waals surface area contributed by atoms with Gasteiger partial charge in [0.2, 0.25) is 0 Å². The summed E-state index contributed by atoms with van der Waals surface area (Å²) in [5.74, 6) is -4.59. The van der Waals surface area contributed by atoms with E-state index in [1.165, 1.54) is 42.1 Å². The maximum absolute atomic E-state index is 14.1. The Balaban J connectivity index is 1.89. The number of hydrogen-bond acceptors (Lipinski definition) is 21. The first-order valence-corrected chi connectivity index (χ1v) is 26.2. The van der Waals surface area contributed by atoms with Gasteiger partial charge in [-0.3, -0.25) is 33.7 Å². The van der Waals surface area contributed by atoms with Gasteiger partial charge in [0.15, 0.2) is 36.7 Å². The van der Waals surface area contributed by atoms with Gasteiger partial charge in [0.1, 0.15) is 30.5 Å². The molecule has 3 heterocycles. The third kappa shape index (κ3) is 18.7. The van der Waals surface area contributed by atoms with Crippen molar-refractivity contribution in [3.05, 3.63) is 35.9 Å². The van der Waals surface area contributed by atoms with Crippen LogP contribution in [0.1, 0.15) is 120 Å². The summed E-state index contributed by atoms with van der Waals surface area (Å²) in [7, 11) is 7.95. The zero-order valence-electron chi connectivity index (χ0n) is 46.8. The van der Waals surface area contributed by atoms with Crippen molar-refractivity contribution < 1.29 is 90.3 Å². The van der Waals surface area contributed by atoms with E-state index >= 15 is 0 Å². The van der Waals surface area contributed by atoms with E-state index in [0.29, 0.717) is 26.1 Å². The van der Waals surface area contributed by atoms with Gasteiger partial charge in [0.25, 0.3) is 0 Å². The minimum atomic E-state index is -1.39. The first-order valence-electron chi connectivity index (χ1n) is 26.2. The number of esters is 6. The second kappa shape index (κ2) is 30.0. The van der Waals surface area contributed by atoms with Crippen LogP contribution in [0.3, 0.4) is 0 Å². The summed E-state index contributed by atoms with van der Waals surface area (Å²) < 4.78 is 81.1. The molecule has 0 aromatic heterocycles. The number of carbonyl (C=O) groups excluding carboxylic acids is 6. The SMILES string of the molecule is CCC(=O)OC1C(C)OC(OC2C(C)OC(O[C@@H]3C(OC)[C@H](OC(=O)CC)CC(=O)O[C@H](C)CCN(Cc4ccccc4)C[C@H](OC(C)=O)[C@H](C)C[C@@H]3CC(OC)OC)C(OC(C)=O)C2N(C)C)CC1(C)OC(C)=O. The van der Waals surface area contributed by atoms with Crippen LogP contribution in [-0.4, -0.2) is 186 Å². The molecule has 0 aliphatic carbocycles. The van der Waals surface area contributed by atoms with Crippen molar-refractivity contribution in [1.29, 1.82) is 0 Å². The fourth-order valence-corrected chi connectivity index (χ4v) is 10.5. The monoisotopic (exact) mass is 1070 g/mol. The molecule has 0 bridgehead atoms. The Morgan fingerprint density at radius 1 is 0.773 bits per heavy atom. The standard InChI is InChI=1S/C54H86N2O19/c1-16-42(60)71-40-27-44(62)66-32(4)23-24-56(29-38-21-19-18-20-22-38)30-41(69-35(7)57)31(3)25-39(26-45(63-13)64-14)49(50(40)65-15)74-53-51(70-36(8)58)47(55(11)12)48(33(5)68-53)73-46-28-54(10,75-37(9)59)52(34(6)67-46)72-43(61)17-2/h18-22,31-34,39-41,45-53H,16-17,23-30H2,1-15H3/t31-,32-,33?,34?,39-,40-,41+,46?,47?,48?,49+,50?,51?,52?,53?,54?/m1/s1. The van der Waals surface area contributed by atoms with Crippen molar-refractivity contribution in [3.8, 4) is 0 Å². The fraction of sp³-hybridized carbons (Fsp3) is 0.778. The first kappa shape index (κ1) is 63.2. The number of rotatable bonds is 19. The average Bonchev–Trinajstić information content (AvgIpc) is 3.33. The van der Waals surface area contributed by atoms with E-state index in [-0.39, 0.29) is 32.1 Å². The Labute approximate surface area is 443 Å². The van der Waals surface area contributed by atoms with Crippen molar-refractivity contribution in [2.24, 2.45) is 11.8 Å². The Bertz CT molecular complexity index is 1970. The predicted molar refractivity (Wildman–Crippen MR) is 269 cm³/mol. The molecule has 426 valence electrons. The third-order valence-electron chi connectivity index (χ3n) is 14.0. The zero-order chi connectivity index (χ0) is 55.7. The van der Waals surface area contributed by atoms with E-state index < -0.39 is 146 Å². The summed E-state index contributed by atoms with van der Waals surface area (Å²) in [5.41, 5.74) is -0.331. The molecule has 10 unspecified atom stereocenters. The third-order valence-corrected chi connectivity index (χ3v) is 14.0. The molecule has 4 rings (SSSR count). The Kier molecular flexibility index (Phi) is 25.3. The smallest absolute Gasteiger partial charge is 0.309 e. The molecule has 16 atom stereocenters. The normalized spacial score (nSPS) is 33.6. The molecule has 3 fully saturated rings. The summed E-state index contributed by atoms with van der Waals surface area (Å²) in [4.78, 5) is 82.8. The highest BCUT2D eigenvalue weighted by atomic mass is 16.7. The number of benzene rings is 1. The maximum atomic E-state index is 14.1. The van der Waals surface area contributed by atoms with Gasteiger partial charge in [-0.05, 0) is 72.0 Å². The Morgan fingerprint density at radius 3 is 1.99 bits per heavy atom. The maximum Gasteiger partial charge on any atom is 0.309 e. The number of nitrogens with zero attached hydrogens (tertiary/aromatic N) is 2. The summed E-state index contributed by atoms with van der Waals surface area (Å²) >= 11 is 0. The van der Waals surface area contributed by atoms with Crippen LogP contribution < -0.4 is 0 Å². The topological polar surface area (TPSA) is 229 Å². The molecule has 1 aromatic rings. The fourth-order valence-electron chi connectivity index (χ4n) is 10.5. The summed E-state index contributed by atoms with van der Waals surface area (Å²) in [6, 6.07) is 9.05. The molecule has 1 aromatic carbocycles. The van der Waals surface area contributed by atoms with Gasteiger partial charge >= 0.3 is 35.8 Å². The van der Waals surface area contributed by atoms with Crippen molar-refractivity contribution in [2.75, 3.05) is 48.5 Å². The second-order valence-electron chi connectivity index (χ2n) is 20.4. The van der Waals surface area contributed by atoms with Gasteiger partial charge in [0.05, 0.1) is 30.8 Å². The molecule has 0 saturated carbocycles. The summed E-state index contributed by atoms with van der Waals surface area (Å²) in [5, 5.41) is 0. The number of carbonyl (C=O) groups is 6. The van der Waals surface area contributed by atoms with E-state index in [0.717, 1.165) is 5.56 Å². The quantitative estimate of drug-likeness (QED) is 0.0974. The van der Waals surface area contributed by atoms with Gasteiger partial charge in [0, 0.05) is 87.4 Å². The first-order chi connectivity index (χ1) is 35.4. The average molecular weight is 1070 g/mol. The number of methoxy groups -OCH3 is 3. The van der Waals surface area contributed by atoms with Crippen molar-refractivity contribution in [3.63, 3.8) is 0 Å². The molecule has 21 heteroatoms. The van der Waals surface area contributed by atoms with Crippen LogP contribution >= 0.6 is 0 Å². The lowest BCUT2D eigenvalue weighted by atomic mass is 9.81. The van der Waals surface area contributed by atoms with Crippen LogP contribution in [0.15, 0.2) is 30.3 Å². The largest absolute Gasteiger partial charge is 0.463 e. The molecular formula is C54H86N2O19. The minimum Gasteiger partial charge on any atom is -0.463 e. The number of hydrogen-bond donors (Lipinski definition) is 0. The van der Waals surface area contributed by atoms with Gasteiger partial charge in [-0.25, -0.2) is 0 Å². The zero-order valence-corrected chi connectivity index (χ0v) is 46.8. The highest BCUT2D eigenvalue weighted by Crippen LogP contribution is 2.40. The van der Waals surface area contributed by atoms with Crippen molar-refractivity contribution >= 4 is 35.8 Å². The van der Waals surface area contributed by atoms with Gasteiger partial charge < -0.3 is 66.5 Å². The van der Waals surface area contributed by atoms with Gasteiger partial charge in [-0.15, -0.1) is 0 Å². The highest BCUT2D eigenvalue weighted by Gasteiger charge is 2.56. The molecule has 3 aliphatic rings. The molecule has 3 saturated heterocycles. The number of likely N-dealkylation sites (N-methyl/N-ethyl adjacent to an activating group) is 1. The lowest BCUT2D eigenvalue weighted by Gasteiger charge is -2.51. The molecule has 0 amide bonds. The highest BCUT2D eigenvalue weighted by molar-refractivity contribution is 5.73. The molecule has 3 aliphatic heterocycles. The Morgan fingerprint density at radius 2 is 1.41 bits per heavy atom. The predicted octanol–water partition coefficient (Wildman–Crippen LogP) is 5.29. The van der Waals surface area contributed by atoms with E-state index in [4.69, 9.17) is 61.6 Å². The van der Waals surface area contributed by atoms with Crippen molar-refractivity contribution in [2.45, 2.75) is 212 Å². The van der Waals surface area contributed by atoms with Crippen LogP contribution in [-0.2, 0) is 96.9 Å². The second-order valence-corrected chi connectivity index (χ2v) is 20.4. The minimum absolute atomic E-state index is 0.0289. The van der Waals surface area contributed by atoms with E-state index in [1.807, 2.05) is 37.3 Å². The van der Waals surface area contributed by atoms with E-state index in [2.05, 4.69) is 4.90 Å². The molecule has 75 heavy (non-hydrogen) atoms. The van der Waals surface area contributed by atoms with Crippen LogP contribution in [0.5, 0.6) is 0 Å². The van der Waals surface area contributed by atoms with Crippen molar-refractivity contribution in [1.82, 2.24) is 9.80 Å². The number of ether oxygens (including phenoxy) is 13. The van der Waals surface area contributed by atoms with Gasteiger partial charge in [-0.2, -0.15) is 0 Å². The van der Waals surface area contributed by atoms with Gasteiger partial charge in [-0.1, -0.05) is 51.1 Å². The molecule has 0 spiro atoms. The molecule has 21 nitrogen and oxygen atoms in total. The van der Waals surface area contributed by atoms with E-state index in [9.17, 15) is 28.8 Å². The van der Waals surface area contributed by atoms with Crippen LogP contribution in [0.25, 0.3) is 0 Å². The summed E-state index contributed by atoms with van der Waals surface area (Å²) in [6.45, 7) is 17.3. The van der Waals surface area contributed by atoms with E-state index in [1.54, 1.807) is 60.5 Å². The lowest BCUT2D eigenvalue weighted by Crippen LogP contribution is -2.67. The molecule has 0 radical (unpaired) electrons. The summed E-state index contributed by atoms with van der Waals surface area (Å²) in [6.07, 6.45) is -12.5. The van der Waals surface area contributed by atoms with Crippen LogP contribution in [0.4, 0.5) is 0 Å². The Hall–Kier alpha value is -4.32. The lowest BCUT2D eigenvalue weighted by molar-refractivity contribution is -0.346. The molecular weight excluding hydrogens is 981 g/mol. The number of cyclic esters (lactones) is 1. The molecule has 0 N–H and O–H groups in total.